The molecule has 0 unspecified atom stereocenters. The Balaban J connectivity index is 2.36. The number of carbonyl (C=O) groups is 2. The van der Waals surface area contributed by atoms with Gasteiger partial charge in [-0.05, 0) is 12.5 Å². The van der Waals surface area contributed by atoms with Crippen LogP contribution in [-0.4, -0.2) is 47.3 Å². The van der Waals surface area contributed by atoms with Crippen LogP contribution in [0.4, 0.5) is 0 Å². The monoisotopic (exact) mass is 345 g/mol. The van der Waals surface area contributed by atoms with E-state index in [2.05, 4.69) is 12.0 Å². The quantitative estimate of drug-likeness (QED) is 0.565. The van der Waals surface area contributed by atoms with Crippen LogP contribution in [0, 0.1) is 0 Å². The van der Waals surface area contributed by atoms with Crippen LogP contribution in [0.25, 0.3) is 10.8 Å². The van der Waals surface area contributed by atoms with Crippen molar-refractivity contribution in [1.82, 2.24) is 14.7 Å². The lowest BCUT2D eigenvalue weighted by molar-refractivity contribution is -0.131. The number of fused-ring (bicyclic) bond motifs is 1. The fourth-order valence-electron chi connectivity index (χ4n) is 2.37. The van der Waals surface area contributed by atoms with Crippen LogP contribution in [0.2, 0.25) is 0 Å². The van der Waals surface area contributed by atoms with Gasteiger partial charge in [0.15, 0.2) is 12.3 Å². The fourth-order valence-corrected chi connectivity index (χ4v) is 2.37. The first kappa shape index (κ1) is 18.6. The van der Waals surface area contributed by atoms with E-state index in [0.717, 1.165) is 19.3 Å². The van der Waals surface area contributed by atoms with Gasteiger partial charge in [-0.25, -0.2) is 9.48 Å². The van der Waals surface area contributed by atoms with E-state index in [1.807, 2.05) is 0 Å². The van der Waals surface area contributed by atoms with Crippen LogP contribution < -0.4 is 5.56 Å². The Bertz CT molecular complexity index is 827. The summed E-state index contributed by atoms with van der Waals surface area (Å²) >= 11 is 0. The SMILES string of the molecule is CCCCCn1nc(C(=O)OCC(=O)N(C)C)c2ccccc2c1=O. The van der Waals surface area contributed by atoms with Crippen molar-refractivity contribution < 1.29 is 14.3 Å². The Morgan fingerprint density at radius 3 is 2.48 bits per heavy atom. The van der Waals surface area contributed by atoms with E-state index in [4.69, 9.17) is 4.74 Å². The number of hydrogen-bond acceptors (Lipinski definition) is 5. The van der Waals surface area contributed by atoms with E-state index in [0.29, 0.717) is 17.3 Å². The summed E-state index contributed by atoms with van der Waals surface area (Å²) in [5.74, 6) is -1.04. The third kappa shape index (κ3) is 4.43. The van der Waals surface area contributed by atoms with Crippen LogP contribution in [0.15, 0.2) is 29.1 Å². The zero-order valence-corrected chi connectivity index (χ0v) is 14.8. The number of aromatic nitrogens is 2. The average Bonchev–Trinajstić information content (AvgIpc) is 2.61. The molecule has 0 N–H and O–H groups in total. The smallest absolute Gasteiger partial charge is 0.359 e. The van der Waals surface area contributed by atoms with Gasteiger partial charge < -0.3 is 9.64 Å². The van der Waals surface area contributed by atoms with Crippen LogP contribution in [-0.2, 0) is 16.1 Å². The number of ether oxygens (including phenoxy) is 1. The highest BCUT2D eigenvalue weighted by molar-refractivity contribution is 6.02. The first-order chi connectivity index (χ1) is 12.0. The van der Waals surface area contributed by atoms with E-state index in [1.54, 1.807) is 38.4 Å². The van der Waals surface area contributed by atoms with Crippen molar-refractivity contribution in [3.63, 3.8) is 0 Å². The summed E-state index contributed by atoms with van der Waals surface area (Å²) in [6, 6.07) is 6.79. The lowest BCUT2D eigenvalue weighted by Gasteiger charge is -2.12. The molecule has 0 atom stereocenters. The predicted octanol–water partition coefficient (Wildman–Crippen LogP) is 1.83. The van der Waals surface area contributed by atoms with E-state index >= 15 is 0 Å². The summed E-state index contributed by atoms with van der Waals surface area (Å²) in [5.41, 5.74) is -0.175. The highest BCUT2D eigenvalue weighted by Gasteiger charge is 2.19. The summed E-state index contributed by atoms with van der Waals surface area (Å²) in [6.45, 7) is 2.15. The fraction of sp³-hybridized carbons (Fsp3) is 0.444. The van der Waals surface area contributed by atoms with Crippen molar-refractivity contribution in [2.24, 2.45) is 0 Å². The molecule has 0 aliphatic heterocycles. The second kappa shape index (κ2) is 8.41. The van der Waals surface area contributed by atoms with E-state index in [1.165, 1.54) is 9.58 Å². The zero-order chi connectivity index (χ0) is 18.4. The van der Waals surface area contributed by atoms with Gasteiger partial charge in [0, 0.05) is 26.0 Å². The van der Waals surface area contributed by atoms with Gasteiger partial charge in [-0.3, -0.25) is 9.59 Å². The van der Waals surface area contributed by atoms with Crippen molar-refractivity contribution >= 4 is 22.6 Å². The highest BCUT2D eigenvalue weighted by atomic mass is 16.5. The molecule has 0 fully saturated rings. The molecule has 0 radical (unpaired) electrons. The number of likely N-dealkylation sites (N-methyl/N-ethyl adjacent to an activating group) is 1. The number of carbonyl (C=O) groups excluding carboxylic acids is 2. The first-order valence-electron chi connectivity index (χ1n) is 8.32. The topological polar surface area (TPSA) is 81.5 Å². The molecule has 0 saturated carbocycles. The van der Waals surface area contributed by atoms with Gasteiger partial charge in [-0.15, -0.1) is 0 Å². The van der Waals surface area contributed by atoms with Crippen molar-refractivity contribution in [2.45, 2.75) is 32.7 Å². The van der Waals surface area contributed by atoms with Gasteiger partial charge in [-0.1, -0.05) is 38.0 Å². The van der Waals surface area contributed by atoms with E-state index in [-0.39, 0.29) is 23.8 Å². The molecule has 0 saturated heterocycles. The first-order valence-corrected chi connectivity index (χ1v) is 8.32. The van der Waals surface area contributed by atoms with Crippen molar-refractivity contribution in [3.8, 4) is 0 Å². The minimum absolute atomic E-state index is 0.0539. The molecule has 25 heavy (non-hydrogen) atoms. The average molecular weight is 345 g/mol. The van der Waals surface area contributed by atoms with Gasteiger partial charge in [0.25, 0.3) is 11.5 Å². The van der Waals surface area contributed by atoms with Gasteiger partial charge in [-0.2, -0.15) is 5.10 Å². The van der Waals surface area contributed by atoms with E-state index in [9.17, 15) is 14.4 Å². The highest BCUT2D eigenvalue weighted by Crippen LogP contribution is 2.14. The Morgan fingerprint density at radius 2 is 1.84 bits per heavy atom. The number of esters is 1. The molecule has 2 rings (SSSR count). The van der Waals surface area contributed by atoms with E-state index < -0.39 is 5.97 Å². The van der Waals surface area contributed by atoms with Crippen LogP contribution in [0.5, 0.6) is 0 Å². The van der Waals surface area contributed by atoms with Gasteiger partial charge >= 0.3 is 5.97 Å². The Labute approximate surface area is 146 Å². The number of benzene rings is 1. The van der Waals surface area contributed by atoms with Gasteiger partial charge in [0.05, 0.1) is 5.39 Å². The number of amides is 1. The van der Waals surface area contributed by atoms with Crippen molar-refractivity contribution in [2.75, 3.05) is 20.7 Å². The molecule has 1 aromatic heterocycles. The summed E-state index contributed by atoms with van der Waals surface area (Å²) in [6.07, 6.45) is 2.79. The number of hydrogen-bond donors (Lipinski definition) is 0. The molecule has 0 bridgehead atoms. The van der Waals surface area contributed by atoms with Crippen LogP contribution in [0.3, 0.4) is 0 Å². The summed E-state index contributed by atoms with van der Waals surface area (Å²) in [7, 11) is 3.16. The largest absolute Gasteiger partial charge is 0.451 e. The molecule has 0 aliphatic rings. The summed E-state index contributed by atoms with van der Waals surface area (Å²) < 4.78 is 6.38. The molecule has 7 heteroatoms. The van der Waals surface area contributed by atoms with Crippen molar-refractivity contribution in [1.29, 1.82) is 0 Å². The predicted molar refractivity (Wildman–Crippen MR) is 94.5 cm³/mol. The molecule has 1 heterocycles. The maximum atomic E-state index is 12.5. The molecular formula is C18H23N3O4. The Kier molecular flexibility index (Phi) is 6.27. The molecule has 0 spiro atoms. The van der Waals surface area contributed by atoms with Crippen LogP contribution in [0.1, 0.15) is 36.7 Å². The Morgan fingerprint density at radius 1 is 1.16 bits per heavy atom. The molecule has 7 nitrogen and oxygen atoms in total. The minimum atomic E-state index is -0.712. The molecule has 2 aromatic rings. The standard InChI is InChI=1S/C18H23N3O4/c1-4-5-8-11-21-17(23)14-10-7-6-9-13(14)16(19-21)18(24)25-12-15(22)20(2)3/h6-7,9-10H,4-5,8,11-12H2,1-3H3. The normalized spacial score (nSPS) is 10.7. The summed E-state index contributed by atoms with van der Waals surface area (Å²) in [5, 5.41) is 5.05. The number of rotatable bonds is 7. The molecule has 0 aliphatic carbocycles. The third-order valence-electron chi connectivity index (χ3n) is 3.86. The molecule has 1 aromatic carbocycles. The van der Waals surface area contributed by atoms with Crippen LogP contribution >= 0.6 is 0 Å². The number of unbranched alkanes of at least 4 members (excludes halogenated alkanes) is 2. The lowest BCUT2D eigenvalue weighted by Crippen LogP contribution is -2.29. The maximum Gasteiger partial charge on any atom is 0.359 e. The zero-order valence-electron chi connectivity index (χ0n) is 14.8. The number of nitrogens with zero attached hydrogens (tertiary/aromatic N) is 3. The summed E-state index contributed by atoms with van der Waals surface area (Å²) in [4.78, 5) is 37.9. The lowest BCUT2D eigenvalue weighted by atomic mass is 10.1. The van der Waals surface area contributed by atoms with Gasteiger partial charge in [0.2, 0.25) is 0 Å². The second-order valence-electron chi connectivity index (χ2n) is 5.99. The number of aryl methyl sites for hydroxylation is 1. The molecular weight excluding hydrogens is 322 g/mol. The van der Waals surface area contributed by atoms with Gasteiger partial charge in [0.1, 0.15) is 0 Å². The Hall–Kier alpha value is -2.70. The maximum absolute atomic E-state index is 12.5. The third-order valence-corrected chi connectivity index (χ3v) is 3.86. The minimum Gasteiger partial charge on any atom is -0.451 e. The molecule has 134 valence electrons. The second-order valence-corrected chi connectivity index (χ2v) is 5.99. The molecule has 1 amide bonds. The van der Waals surface area contributed by atoms with Crippen molar-refractivity contribution in [3.05, 3.63) is 40.3 Å².